The molecule has 0 bridgehead atoms. The number of hydrogen-bond donors (Lipinski definition) is 1. The summed E-state index contributed by atoms with van der Waals surface area (Å²) in [7, 11) is 3.10. The number of primary amides is 1. The summed E-state index contributed by atoms with van der Waals surface area (Å²) >= 11 is 6.70. The molecule has 5 rings (SSSR count). The Morgan fingerprint density at radius 3 is 2.38 bits per heavy atom. The average Bonchev–Trinajstić information content (AvgIpc) is 3.36. The SMILES string of the molecule is COC1CC(OC)C2C(=O)[C@@]3(OC2C1Cl)C(=O)C1=C(C[C@H]3C)O[C@H](C2CCCCC2)[C@H]1C(N)=O. The number of hydrogen-bond acceptors (Lipinski definition) is 7. The second-order valence-corrected chi connectivity index (χ2v) is 11.1. The molecule has 3 fully saturated rings. The van der Waals surface area contributed by atoms with E-state index >= 15 is 0 Å². The number of allylic oxidation sites excluding steroid dienone is 1. The maximum Gasteiger partial charge on any atom is 0.229 e. The van der Waals surface area contributed by atoms with Crippen molar-refractivity contribution in [1.29, 1.82) is 0 Å². The van der Waals surface area contributed by atoms with E-state index in [0.717, 1.165) is 32.1 Å². The fourth-order valence-electron chi connectivity index (χ4n) is 7.14. The minimum Gasteiger partial charge on any atom is -0.493 e. The van der Waals surface area contributed by atoms with E-state index in [1.54, 1.807) is 7.11 Å². The zero-order valence-corrected chi connectivity index (χ0v) is 20.7. The molecule has 34 heavy (non-hydrogen) atoms. The summed E-state index contributed by atoms with van der Waals surface area (Å²) in [6.07, 6.45) is 3.89. The van der Waals surface area contributed by atoms with Gasteiger partial charge in [0.15, 0.2) is 11.4 Å². The molecule has 2 aliphatic heterocycles. The van der Waals surface area contributed by atoms with Gasteiger partial charge in [-0.1, -0.05) is 26.2 Å². The van der Waals surface area contributed by atoms with Gasteiger partial charge in [-0.25, -0.2) is 0 Å². The Morgan fingerprint density at radius 2 is 1.76 bits per heavy atom. The van der Waals surface area contributed by atoms with Crippen molar-refractivity contribution in [2.45, 2.75) is 87.3 Å². The van der Waals surface area contributed by atoms with Crippen molar-refractivity contribution < 1.29 is 33.3 Å². The lowest BCUT2D eigenvalue weighted by atomic mass is 9.66. The minimum atomic E-state index is -1.72. The fraction of sp³-hybridized carbons (Fsp3) is 0.800. The summed E-state index contributed by atoms with van der Waals surface area (Å²) in [6.45, 7) is 1.83. The highest BCUT2D eigenvalue weighted by molar-refractivity contribution is 6.24. The lowest BCUT2D eigenvalue weighted by molar-refractivity contribution is -0.159. The molecular formula is C25H34ClNO7. The number of Topliss-reactive ketones (excluding diaryl/α,β-unsaturated/α-hetero) is 2. The summed E-state index contributed by atoms with van der Waals surface area (Å²) in [5.41, 5.74) is 4.36. The van der Waals surface area contributed by atoms with Gasteiger partial charge in [0, 0.05) is 33.0 Å². The molecule has 0 radical (unpaired) electrons. The third-order valence-electron chi connectivity index (χ3n) is 8.89. The number of methoxy groups -OCH3 is 2. The zero-order chi connectivity index (χ0) is 24.4. The van der Waals surface area contributed by atoms with Crippen molar-refractivity contribution in [3.8, 4) is 0 Å². The van der Waals surface area contributed by atoms with E-state index in [2.05, 4.69) is 0 Å². The van der Waals surface area contributed by atoms with Crippen LogP contribution in [0.15, 0.2) is 11.3 Å². The Balaban J connectivity index is 1.52. The average molecular weight is 496 g/mol. The van der Waals surface area contributed by atoms with Gasteiger partial charge in [-0.05, 0) is 18.8 Å². The summed E-state index contributed by atoms with van der Waals surface area (Å²) in [4.78, 5) is 40.9. The van der Waals surface area contributed by atoms with Gasteiger partial charge >= 0.3 is 0 Å². The van der Waals surface area contributed by atoms with Crippen molar-refractivity contribution in [3.05, 3.63) is 11.3 Å². The molecule has 2 saturated carbocycles. The maximum atomic E-state index is 14.2. The van der Waals surface area contributed by atoms with Gasteiger partial charge in [0.1, 0.15) is 17.8 Å². The van der Waals surface area contributed by atoms with Crippen LogP contribution in [0.25, 0.3) is 0 Å². The van der Waals surface area contributed by atoms with Crippen LogP contribution in [0.1, 0.15) is 51.9 Å². The predicted octanol–water partition coefficient (Wildman–Crippen LogP) is 2.29. The third-order valence-corrected chi connectivity index (χ3v) is 9.42. The van der Waals surface area contributed by atoms with E-state index in [1.807, 2.05) is 6.92 Å². The van der Waals surface area contributed by atoms with Gasteiger partial charge in [-0.3, -0.25) is 14.4 Å². The first-order valence-corrected chi connectivity index (χ1v) is 12.9. The summed E-state index contributed by atoms with van der Waals surface area (Å²) in [5, 5.41) is -0.609. The van der Waals surface area contributed by atoms with Gasteiger partial charge in [0.05, 0.1) is 35.2 Å². The van der Waals surface area contributed by atoms with E-state index in [-0.39, 0.29) is 23.4 Å². The molecule has 5 aliphatic rings. The molecule has 3 aliphatic carbocycles. The maximum absolute atomic E-state index is 14.2. The molecular weight excluding hydrogens is 462 g/mol. The van der Waals surface area contributed by atoms with Crippen LogP contribution in [0.4, 0.5) is 0 Å². The molecule has 0 aromatic rings. The standard InChI is InChI=1S/C25H34ClNO7/c1-11-9-14-16(18(24(27)30)20(33-14)12-7-5-4-6-8-12)22(28)25(11)23(29)17-13(31-2)10-15(32-3)19(26)21(17)34-25/h11-13,15,17-21H,4-10H2,1-3H3,(H2,27,30)/t11-,13?,15?,17?,18+,19?,20-,21?,25+/m1/s1. The first kappa shape index (κ1) is 24.2. The molecule has 188 valence electrons. The Labute approximate surface area is 204 Å². The second kappa shape index (κ2) is 8.87. The predicted molar refractivity (Wildman–Crippen MR) is 122 cm³/mol. The van der Waals surface area contributed by atoms with Gasteiger partial charge in [-0.2, -0.15) is 0 Å². The number of ether oxygens (including phenoxy) is 4. The topological polar surface area (TPSA) is 114 Å². The Morgan fingerprint density at radius 1 is 1.09 bits per heavy atom. The van der Waals surface area contributed by atoms with E-state index < -0.39 is 58.7 Å². The number of carbonyl (C=O) groups excluding carboxylic acids is 3. The van der Waals surface area contributed by atoms with E-state index in [1.165, 1.54) is 7.11 Å². The lowest BCUT2D eigenvalue weighted by Gasteiger charge is -2.39. The van der Waals surface area contributed by atoms with Crippen molar-refractivity contribution in [3.63, 3.8) is 0 Å². The van der Waals surface area contributed by atoms with Gasteiger partial charge < -0.3 is 24.7 Å². The highest BCUT2D eigenvalue weighted by Crippen LogP contribution is 2.54. The number of halogens is 1. The highest BCUT2D eigenvalue weighted by Gasteiger charge is 2.70. The summed E-state index contributed by atoms with van der Waals surface area (Å²) in [5.74, 6) is -2.78. The molecule has 8 nitrogen and oxygen atoms in total. The van der Waals surface area contributed by atoms with E-state index in [9.17, 15) is 14.4 Å². The molecule has 1 amide bonds. The molecule has 0 aromatic heterocycles. The summed E-state index contributed by atoms with van der Waals surface area (Å²) < 4.78 is 23.9. The molecule has 2 N–H and O–H groups in total. The van der Waals surface area contributed by atoms with Crippen molar-refractivity contribution >= 4 is 29.1 Å². The minimum absolute atomic E-state index is 0.159. The largest absolute Gasteiger partial charge is 0.493 e. The molecule has 9 atom stereocenters. The monoisotopic (exact) mass is 495 g/mol. The van der Waals surface area contributed by atoms with Crippen molar-refractivity contribution in [2.75, 3.05) is 14.2 Å². The van der Waals surface area contributed by atoms with Crippen molar-refractivity contribution in [2.24, 2.45) is 29.4 Å². The number of alkyl halides is 1. The van der Waals surface area contributed by atoms with Crippen LogP contribution in [-0.2, 0) is 33.3 Å². The number of ketones is 2. The van der Waals surface area contributed by atoms with Crippen molar-refractivity contribution in [1.82, 2.24) is 0 Å². The molecule has 1 spiro atoms. The summed E-state index contributed by atoms with van der Waals surface area (Å²) in [6, 6.07) is 0. The van der Waals surface area contributed by atoms with Crippen LogP contribution in [-0.4, -0.2) is 67.1 Å². The number of carbonyl (C=O) groups is 3. The number of fused-ring (bicyclic) bond motifs is 1. The fourth-order valence-corrected chi connectivity index (χ4v) is 7.55. The second-order valence-electron chi connectivity index (χ2n) is 10.6. The van der Waals surface area contributed by atoms with Crippen LogP contribution in [0.5, 0.6) is 0 Å². The van der Waals surface area contributed by atoms with Gasteiger partial charge in [0.25, 0.3) is 0 Å². The normalized spacial score (nSPS) is 44.8. The number of rotatable bonds is 4. The molecule has 2 heterocycles. The molecule has 0 aromatic carbocycles. The molecule has 5 unspecified atom stereocenters. The first-order valence-electron chi connectivity index (χ1n) is 12.4. The van der Waals surface area contributed by atoms with Crippen LogP contribution >= 0.6 is 11.6 Å². The van der Waals surface area contributed by atoms with Crippen LogP contribution in [0.3, 0.4) is 0 Å². The number of nitrogens with two attached hydrogens (primary N) is 1. The Bertz CT molecular complexity index is 915. The Kier molecular flexibility index (Phi) is 6.32. The quantitative estimate of drug-likeness (QED) is 0.470. The Hall–Kier alpha value is -1.48. The molecule has 1 saturated heterocycles. The highest BCUT2D eigenvalue weighted by atomic mass is 35.5. The lowest BCUT2D eigenvalue weighted by Crippen LogP contribution is -2.56. The number of amides is 1. The van der Waals surface area contributed by atoms with Gasteiger partial charge in [0.2, 0.25) is 11.7 Å². The third kappa shape index (κ3) is 3.32. The van der Waals surface area contributed by atoms with Crippen LogP contribution in [0, 0.1) is 23.7 Å². The molecule has 9 heteroatoms. The van der Waals surface area contributed by atoms with Crippen LogP contribution in [0.2, 0.25) is 0 Å². The van der Waals surface area contributed by atoms with Gasteiger partial charge in [-0.15, -0.1) is 11.6 Å². The zero-order valence-electron chi connectivity index (χ0n) is 20.0. The van der Waals surface area contributed by atoms with Crippen LogP contribution < -0.4 is 5.73 Å². The first-order chi connectivity index (χ1) is 16.3. The smallest absolute Gasteiger partial charge is 0.229 e. The van der Waals surface area contributed by atoms with E-state index in [4.69, 9.17) is 36.3 Å². The van der Waals surface area contributed by atoms with E-state index in [0.29, 0.717) is 18.6 Å².